The average molecular weight is 447 g/mol. The van der Waals surface area contributed by atoms with Gasteiger partial charge in [-0.2, -0.15) is 0 Å². The Morgan fingerprint density at radius 3 is 2.19 bits per heavy atom. The van der Waals surface area contributed by atoms with Gasteiger partial charge in [0.2, 0.25) is 5.91 Å². The Morgan fingerprint density at radius 2 is 1.59 bits per heavy atom. The number of methoxy groups -OCH3 is 1. The first-order chi connectivity index (χ1) is 15.1. The second kappa shape index (κ2) is 11.0. The summed E-state index contributed by atoms with van der Waals surface area (Å²) in [6, 6.07) is 7.79. The normalized spacial score (nSPS) is 11.4. The summed E-state index contributed by atoms with van der Waals surface area (Å²) in [5.74, 6) is -5.39. The minimum atomic E-state index is -1.11. The van der Waals surface area contributed by atoms with Crippen LogP contribution in [0.1, 0.15) is 34.6 Å². The summed E-state index contributed by atoms with van der Waals surface area (Å²) in [7, 11) is 1.19. The lowest BCUT2D eigenvalue weighted by molar-refractivity contribution is -0.139. The van der Waals surface area contributed by atoms with E-state index in [0.717, 1.165) is 18.2 Å². The van der Waals surface area contributed by atoms with Gasteiger partial charge < -0.3 is 20.7 Å². The number of carbonyl (C=O) groups is 4. The van der Waals surface area contributed by atoms with Gasteiger partial charge in [-0.25, -0.2) is 8.78 Å². The fourth-order valence-corrected chi connectivity index (χ4v) is 2.75. The average Bonchev–Trinajstić information content (AvgIpc) is 2.75. The van der Waals surface area contributed by atoms with Gasteiger partial charge in [0.25, 0.3) is 11.8 Å². The molecule has 8 nitrogen and oxygen atoms in total. The van der Waals surface area contributed by atoms with Gasteiger partial charge in [-0.15, -0.1) is 0 Å². The lowest BCUT2D eigenvalue weighted by atomic mass is 10.0. The second-order valence-corrected chi connectivity index (χ2v) is 7.12. The van der Waals surface area contributed by atoms with Crippen molar-refractivity contribution < 1.29 is 32.7 Å². The number of nitrogens with one attached hydrogen (secondary N) is 3. The van der Waals surface area contributed by atoms with Crippen molar-refractivity contribution in [2.75, 3.05) is 19.0 Å². The van der Waals surface area contributed by atoms with Crippen LogP contribution in [0.25, 0.3) is 0 Å². The van der Waals surface area contributed by atoms with Crippen molar-refractivity contribution in [1.29, 1.82) is 0 Å². The van der Waals surface area contributed by atoms with E-state index in [4.69, 9.17) is 0 Å². The maximum absolute atomic E-state index is 13.9. The Balaban J connectivity index is 2.12. The van der Waals surface area contributed by atoms with E-state index in [-0.39, 0.29) is 17.8 Å². The number of esters is 1. The molecule has 3 amide bonds. The van der Waals surface area contributed by atoms with Crippen molar-refractivity contribution in [3.8, 4) is 0 Å². The van der Waals surface area contributed by atoms with E-state index in [1.807, 2.05) is 0 Å². The smallest absolute Gasteiger partial charge is 0.325 e. The zero-order valence-electron chi connectivity index (χ0n) is 17.7. The molecule has 32 heavy (non-hydrogen) atoms. The van der Waals surface area contributed by atoms with E-state index in [2.05, 4.69) is 20.7 Å². The SMILES string of the molecule is COC(=O)CNC(=O)c1cccc(NC(=O)C(NC(=O)c2c(F)cccc2F)C(C)C)c1. The molecule has 10 heteroatoms. The van der Waals surface area contributed by atoms with Crippen LogP contribution in [-0.4, -0.2) is 43.4 Å². The first-order valence-corrected chi connectivity index (χ1v) is 9.64. The molecule has 2 aromatic rings. The second-order valence-electron chi connectivity index (χ2n) is 7.12. The quantitative estimate of drug-likeness (QED) is 0.538. The number of rotatable bonds is 8. The highest BCUT2D eigenvalue weighted by atomic mass is 19.1. The van der Waals surface area contributed by atoms with Gasteiger partial charge in [0.15, 0.2) is 0 Å². The van der Waals surface area contributed by atoms with Crippen molar-refractivity contribution in [3.63, 3.8) is 0 Å². The van der Waals surface area contributed by atoms with E-state index in [1.54, 1.807) is 13.8 Å². The molecular weight excluding hydrogens is 424 g/mol. The lowest BCUT2D eigenvalue weighted by Crippen LogP contribution is -2.47. The molecule has 2 aromatic carbocycles. The molecular formula is C22H23F2N3O5. The number of hydrogen-bond acceptors (Lipinski definition) is 5. The highest BCUT2D eigenvalue weighted by Crippen LogP contribution is 2.15. The van der Waals surface area contributed by atoms with Gasteiger partial charge >= 0.3 is 5.97 Å². The molecule has 2 rings (SSSR count). The number of halogens is 2. The molecule has 0 aliphatic rings. The summed E-state index contributed by atoms with van der Waals surface area (Å²) in [4.78, 5) is 48.4. The third-order valence-electron chi connectivity index (χ3n) is 4.44. The Morgan fingerprint density at radius 1 is 0.969 bits per heavy atom. The zero-order chi connectivity index (χ0) is 23.8. The number of anilines is 1. The first-order valence-electron chi connectivity index (χ1n) is 9.64. The minimum absolute atomic E-state index is 0.172. The molecule has 170 valence electrons. The van der Waals surface area contributed by atoms with Crippen LogP contribution in [0.15, 0.2) is 42.5 Å². The zero-order valence-corrected chi connectivity index (χ0v) is 17.7. The van der Waals surface area contributed by atoms with Crippen LogP contribution in [-0.2, 0) is 14.3 Å². The maximum Gasteiger partial charge on any atom is 0.325 e. The standard InChI is InChI=1S/C22H23F2N3O5/c1-12(2)19(27-21(30)18-15(23)8-5-9-16(18)24)22(31)26-14-7-4-6-13(10-14)20(29)25-11-17(28)32-3/h4-10,12,19H,11H2,1-3H3,(H,25,29)(H,26,31)(H,27,30). The maximum atomic E-state index is 13.9. The number of hydrogen-bond donors (Lipinski definition) is 3. The van der Waals surface area contributed by atoms with Crippen LogP contribution in [0.2, 0.25) is 0 Å². The molecule has 3 N–H and O–H groups in total. The molecule has 0 aliphatic carbocycles. The molecule has 0 spiro atoms. The highest BCUT2D eigenvalue weighted by Gasteiger charge is 2.27. The van der Waals surface area contributed by atoms with Crippen molar-refractivity contribution in [2.24, 2.45) is 5.92 Å². The lowest BCUT2D eigenvalue weighted by Gasteiger charge is -2.22. The van der Waals surface area contributed by atoms with Crippen molar-refractivity contribution in [2.45, 2.75) is 19.9 Å². The molecule has 0 aromatic heterocycles. The van der Waals surface area contributed by atoms with Crippen molar-refractivity contribution >= 4 is 29.4 Å². The predicted molar refractivity (Wildman–Crippen MR) is 112 cm³/mol. The number of benzene rings is 2. The summed E-state index contributed by atoms with van der Waals surface area (Å²) < 4.78 is 32.2. The summed E-state index contributed by atoms with van der Waals surface area (Å²) in [6.45, 7) is 2.98. The van der Waals surface area contributed by atoms with Crippen LogP contribution in [0.5, 0.6) is 0 Å². The minimum Gasteiger partial charge on any atom is -0.468 e. The molecule has 0 saturated carbocycles. The third kappa shape index (κ3) is 6.34. The van der Waals surface area contributed by atoms with Gasteiger partial charge in [-0.3, -0.25) is 19.2 Å². The Labute approximate surface area is 183 Å². The molecule has 0 aliphatic heterocycles. The summed E-state index contributed by atoms with van der Waals surface area (Å²) in [5, 5.41) is 7.29. The van der Waals surface area contributed by atoms with Crippen molar-refractivity contribution in [1.82, 2.24) is 10.6 Å². The van der Waals surface area contributed by atoms with Crippen LogP contribution >= 0.6 is 0 Å². The van der Waals surface area contributed by atoms with Gasteiger partial charge in [-0.05, 0) is 36.2 Å². The van der Waals surface area contributed by atoms with Crippen LogP contribution in [0, 0.1) is 17.6 Å². The van der Waals surface area contributed by atoms with E-state index in [9.17, 15) is 28.0 Å². The van der Waals surface area contributed by atoms with Gasteiger partial charge in [0, 0.05) is 11.3 Å². The van der Waals surface area contributed by atoms with Gasteiger partial charge in [0.05, 0.1) is 7.11 Å². The van der Waals surface area contributed by atoms with Crippen LogP contribution in [0.4, 0.5) is 14.5 Å². The van der Waals surface area contributed by atoms with Crippen LogP contribution < -0.4 is 16.0 Å². The molecule has 1 atom stereocenters. The number of ether oxygens (including phenoxy) is 1. The van der Waals surface area contributed by atoms with Gasteiger partial charge in [-0.1, -0.05) is 26.0 Å². The Hall–Kier alpha value is -3.82. The Bertz CT molecular complexity index is 1010. The molecule has 0 saturated heterocycles. The monoisotopic (exact) mass is 447 g/mol. The highest BCUT2D eigenvalue weighted by molar-refractivity contribution is 6.02. The van der Waals surface area contributed by atoms with Gasteiger partial charge in [0.1, 0.15) is 29.8 Å². The van der Waals surface area contributed by atoms with Crippen molar-refractivity contribution in [3.05, 3.63) is 65.2 Å². The van der Waals surface area contributed by atoms with Crippen LogP contribution in [0.3, 0.4) is 0 Å². The van der Waals surface area contributed by atoms with E-state index < -0.39 is 52.8 Å². The van der Waals surface area contributed by atoms with E-state index in [1.165, 1.54) is 31.4 Å². The summed E-state index contributed by atoms with van der Waals surface area (Å²) >= 11 is 0. The number of carbonyl (C=O) groups excluding carboxylic acids is 4. The predicted octanol–water partition coefficient (Wildman–Crippen LogP) is 2.26. The third-order valence-corrected chi connectivity index (χ3v) is 4.44. The largest absolute Gasteiger partial charge is 0.468 e. The number of amides is 3. The fraction of sp³-hybridized carbons (Fsp3) is 0.273. The summed E-state index contributed by atoms with van der Waals surface area (Å²) in [6.07, 6.45) is 0. The van der Waals surface area contributed by atoms with E-state index in [0.29, 0.717) is 0 Å². The molecule has 0 heterocycles. The molecule has 1 unspecified atom stereocenters. The first kappa shape index (κ1) is 24.4. The summed E-state index contributed by atoms with van der Waals surface area (Å²) in [5.41, 5.74) is -0.363. The fourth-order valence-electron chi connectivity index (χ4n) is 2.75. The molecule has 0 radical (unpaired) electrons. The topological polar surface area (TPSA) is 114 Å². The van der Waals surface area contributed by atoms with E-state index >= 15 is 0 Å². The molecule has 0 fully saturated rings. The molecule has 0 bridgehead atoms. The Kier molecular flexibility index (Phi) is 8.39.